The van der Waals surface area contributed by atoms with E-state index in [0.29, 0.717) is 0 Å². The van der Waals surface area contributed by atoms with Crippen molar-refractivity contribution in [3.05, 3.63) is 0 Å². The van der Waals surface area contributed by atoms with Crippen molar-refractivity contribution in [3.63, 3.8) is 0 Å². The van der Waals surface area contributed by atoms with Gasteiger partial charge in [-0.2, -0.15) is 5.48 Å². The van der Waals surface area contributed by atoms with Gasteiger partial charge >= 0.3 is 0 Å². The second-order valence-corrected chi connectivity index (χ2v) is 2.21. The van der Waals surface area contributed by atoms with Crippen molar-refractivity contribution in [2.45, 2.75) is 20.0 Å². The number of hydroxylamine groups is 1. The van der Waals surface area contributed by atoms with Gasteiger partial charge in [0.25, 0.3) is 0 Å². The van der Waals surface area contributed by atoms with Gasteiger partial charge in [0.05, 0.1) is 10.7 Å². The predicted molar refractivity (Wildman–Crippen MR) is 38.2 cm³/mol. The van der Waals surface area contributed by atoms with E-state index in [0.717, 1.165) is 4.55 Å². The molecule has 7 heavy (non-hydrogen) atoms. The Morgan fingerprint density at radius 3 is 2.43 bits per heavy atom. The van der Waals surface area contributed by atoms with Crippen molar-refractivity contribution in [1.29, 1.82) is 0 Å². The largest absolute Gasteiger partial charge is 0.298 e. The molecule has 2 nitrogen and oxygen atoms in total. The normalized spacial score (nSPS) is 10.3. The molecule has 0 radical (unpaired) electrons. The fraction of sp³-hybridized carbons (Fsp3) is 1.00. The zero-order valence-corrected chi connectivity index (χ0v) is 6.73. The Balaban J connectivity index is 2.68. The summed E-state index contributed by atoms with van der Waals surface area (Å²) >= 11 is 2.18. The average Bonchev–Trinajstić information content (AvgIpc) is 1.61. The van der Waals surface area contributed by atoms with Crippen LogP contribution < -0.4 is 5.48 Å². The summed E-state index contributed by atoms with van der Waals surface area (Å²) in [5.74, 6) is 0. The molecule has 0 spiro atoms. The third kappa shape index (κ3) is 6.65. The molecule has 44 valence electrons. The number of hydrogen-bond donors (Lipinski definition) is 1. The molecule has 1 N–H and O–H groups in total. The van der Waals surface area contributed by atoms with Gasteiger partial charge in [-0.15, -0.1) is 0 Å². The molecule has 0 bridgehead atoms. The Labute approximate surface area is 57.7 Å². The number of nitrogens with one attached hydrogen (secondary N) is 1. The van der Waals surface area contributed by atoms with Crippen LogP contribution in [0.4, 0.5) is 0 Å². The molecule has 0 aliphatic carbocycles. The lowest BCUT2D eigenvalue weighted by Crippen LogP contribution is -2.16. The van der Waals surface area contributed by atoms with E-state index < -0.39 is 0 Å². The third-order valence-electron chi connectivity index (χ3n) is 0.374. The van der Waals surface area contributed by atoms with Crippen molar-refractivity contribution in [1.82, 2.24) is 5.48 Å². The van der Waals surface area contributed by atoms with Crippen LogP contribution in [-0.2, 0) is 4.84 Å². The molecule has 0 aromatic rings. The van der Waals surface area contributed by atoms with Crippen LogP contribution in [0.5, 0.6) is 0 Å². The first-order chi connectivity index (χ1) is 3.27. The van der Waals surface area contributed by atoms with Crippen LogP contribution >= 0.6 is 22.6 Å². The monoisotopic (exact) mass is 215 g/mol. The second kappa shape index (κ2) is 4.80. The highest BCUT2D eigenvalue weighted by atomic mass is 127. The quantitative estimate of drug-likeness (QED) is 0.331. The summed E-state index contributed by atoms with van der Waals surface area (Å²) in [7, 11) is 0. The van der Waals surface area contributed by atoms with Crippen molar-refractivity contribution < 1.29 is 4.84 Å². The maximum absolute atomic E-state index is 4.93. The van der Waals surface area contributed by atoms with Crippen molar-refractivity contribution in [3.8, 4) is 0 Å². The Kier molecular flexibility index (Phi) is 5.25. The van der Waals surface area contributed by atoms with Crippen molar-refractivity contribution in [2.24, 2.45) is 0 Å². The zero-order valence-electron chi connectivity index (χ0n) is 4.57. The van der Waals surface area contributed by atoms with E-state index in [2.05, 4.69) is 28.1 Å². The fourth-order valence-electron chi connectivity index (χ4n) is 0.198. The first-order valence-electron chi connectivity index (χ1n) is 2.22. The summed E-state index contributed by atoms with van der Waals surface area (Å²) in [6.07, 6.45) is 0.287. The molecule has 0 amide bonds. The number of alkyl halides is 1. The van der Waals surface area contributed by atoms with Crippen molar-refractivity contribution >= 4 is 22.6 Å². The molecular weight excluding hydrogens is 205 g/mol. The van der Waals surface area contributed by atoms with Crippen LogP contribution in [0.2, 0.25) is 0 Å². The Hall–Kier alpha value is 0.650. The van der Waals surface area contributed by atoms with Gasteiger partial charge in [0.1, 0.15) is 0 Å². The topological polar surface area (TPSA) is 21.3 Å². The van der Waals surface area contributed by atoms with Gasteiger partial charge in [0.15, 0.2) is 0 Å². The van der Waals surface area contributed by atoms with Gasteiger partial charge in [-0.1, -0.05) is 22.6 Å². The highest BCUT2D eigenvalue weighted by Gasteiger charge is 1.86. The lowest BCUT2D eigenvalue weighted by atomic mass is 10.5. The predicted octanol–water partition coefficient (Wildman–Crippen LogP) is 1.31. The highest BCUT2D eigenvalue weighted by molar-refractivity contribution is 14.1. The molecule has 3 heteroatoms. The van der Waals surface area contributed by atoms with E-state index in [4.69, 9.17) is 4.84 Å². The molecule has 0 unspecified atom stereocenters. The molecule has 0 heterocycles. The van der Waals surface area contributed by atoms with Gasteiger partial charge in [-0.25, -0.2) is 0 Å². The van der Waals surface area contributed by atoms with E-state index in [9.17, 15) is 0 Å². The van der Waals surface area contributed by atoms with Crippen LogP contribution in [-0.4, -0.2) is 10.7 Å². The third-order valence-corrected chi connectivity index (χ3v) is 0.685. The minimum absolute atomic E-state index is 0.287. The summed E-state index contributed by atoms with van der Waals surface area (Å²) in [5.41, 5.74) is 2.73. The van der Waals surface area contributed by atoms with Gasteiger partial charge < -0.3 is 0 Å². The molecule has 0 aliphatic heterocycles. The maximum atomic E-state index is 4.93. The Morgan fingerprint density at radius 2 is 2.29 bits per heavy atom. The molecule has 0 aromatic heterocycles. The summed E-state index contributed by atoms with van der Waals surface area (Å²) in [6, 6.07) is 0. The number of hydrogen-bond acceptors (Lipinski definition) is 2. The van der Waals surface area contributed by atoms with Gasteiger partial charge in [0.2, 0.25) is 0 Å². The Bertz CT molecular complexity index is 40.7. The van der Waals surface area contributed by atoms with Crippen LogP contribution in [0.15, 0.2) is 0 Å². The average molecular weight is 215 g/mol. The van der Waals surface area contributed by atoms with E-state index in [-0.39, 0.29) is 6.10 Å². The van der Waals surface area contributed by atoms with Crippen molar-refractivity contribution in [2.75, 3.05) is 4.55 Å². The zero-order chi connectivity index (χ0) is 5.70. The summed E-state index contributed by atoms with van der Waals surface area (Å²) < 4.78 is 0.843. The minimum Gasteiger partial charge on any atom is -0.298 e. The highest BCUT2D eigenvalue weighted by Crippen LogP contribution is 1.82. The maximum Gasteiger partial charge on any atom is 0.0734 e. The smallest absolute Gasteiger partial charge is 0.0734 e. The van der Waals surface area contributed by atoms with E-state index >= 15 is 0 Å². The summed E-state index contributed by atoms with van der Waals surface area (Å²) in [5, 5.41) is 0. The molecule has 0 saturated carbocycles. The molecular formula is C4H10INO. The number of rotatable bonds is 3. The summed E-state index contributed by atoms with van der Waals surface area (Å²) in [6.45, 7) is 3.97. The van der Waals surface area contributed by atoms with Crippen LogP contribution in [0.3, 0.4) is 0 Å². The lowest BCUT2D eigenvalue weighted by Gasteiger charge is -2.03. The van der Waals surface area contributed by atoms with Crippen LogP contribution in [0.25, 0.3) is 0 Å². The van der Waals surface area contributed by atoms with Crippen LogP contribution in [0.1, 0.15) is 13.8 Å². The number of halogens is 1. The first-order valence-corrected chi connectivity index (χ1v) is 3.74. The molecule has 0 saturated heterocycles. The van der Waals surface area contributed by atoms with Crippen LogP contribution in [0, 0.1) is 0 Å². The standard InChI is InChI=1S/C4H10INO/c1-4(2)7-6-3-5/h4,6H,3H2,1-2H3. The van der Waals surface area contributed by atoms with E-state index in [1.165, 1.54) is 0 Å². The van der Waals surface area contributed by atoms with E-state index in [1.807, 2.05) is 13.8 Å². The van der Waals surface area contributed by atoms with Gasteiger partial charge in [-0.3, -0.25) is 4.84 Å². The molecule has 0 aromatic carbocycles. The molecule has 0 aliphatic rings. The van der Waals surface area contributed by atoms with E-state index in [1.54, 1.807) is 0 Å². The van der Waals surface area contributed by atoms with Gasteiger partial charge in [-0.05, 0) is 13.8 Å². The fourth-order valence-corrected chi connectivity index (χ4v) is 0.378. The SMILES string of the molecule is CC(C)ONCI. The minimum atomic E-state index is 0.287. The molecule has 0 atom stereocenters. The first kappa shape index (κ1) is 7.65. The summed E-state index contributed by atoms with van der Waals surface area (Å²) in [4.78, 5) is 4.93. The van der Waals surface area contributed by atoms with Gasteiger partial charge in [0, 0.05) is 0 Å². The Morgan fingerprint density at radius 1 is 1.71 bits per heavy atom. The lowest BCUT2D eigenvalue weighted by molar-refractivity contribution is 0.00776. The second-order valence-electron chi connectivity index (χ2n) is 1.44. The molecule has 0 rings (SSSR count). The molecule has 0 fully saturated rings.